The fraction of sp³-hybridized carbons (Fsp3) is 0.227. The van der Waals surface area contributed by atoms with Crippen LogP contribution in [0.1, 0.15) is 40.3 Å². The number of rotatable bonds is 2. The standard InChI is InChI=1S/C22H19BrN4O2/c1-13-6-7-19(29-13)17-5-3-4-15-8-9-26(14(2)21(15)17)22(28)18-10-20-24-11-16(23)12-27(20)25-18/h3-7,10-12,14H,8-9H2,1-2H3. The number of furan rings is 1. The van der Waals surface area contributed by atoms with Gasteiger partial charge in [-0.1, -0.05) is 18.2 Å². The monoisotopic (exact) mass is 450 g/mol. The van der Waals surface area contributed by atoms with Gasteiger partial charge in [0.2, 0.25) is 0 Å². The highest BCUT2D eigenvalue weighted by molar-refractivity contribution is 9.10. The Labute approximate surface area is 176 Å². The highest BCUT2D eigenvalue weighted by Crippen LogP contribution is 2.38. The molecule has 1 amide bonds. The predicted molar refractivity (Wildman–Crippen MR) is 113 cm³/mol. The Balaban J connectivity index is 1.53. The van der Waals surface area contributed by atoms with Crippen molar-refractivity contribution in [3.05, 3.63) is 75.8 Å². The quantitative estimate of drug-likeness (QED) is 0.439. The second-order valence-electron chi connectivity index (χ2n) is 7.32. The molecule has 5 rings (SSSR count). The molecule has 0 saturated carbocycles. The topological polar surface area (TPSA) is 63.6 Å². The van der Waals surface area contributed by atoms with Crippen molar-refractivity contribution in [3.8, 4) is 11.3 Å². The molecular weight excluding hydrogens is 432 g/mol. The predicted octanol–water partition coefficient (Wildman–Crippen LogP) is 4.82. The molecule has 3 aromatic heterocycles. The maximum absolute atomic E-state index is 13.3. The Morgan fingerprint density at radius 1 is 1.28 bits per heavy atom. The molecule has 1 aliphatic heterocycles. The molecule has 0 bridgehead atoms. The largest absolute Gasteiger partial charge is 0.461 e. The van der Waals surface area contributed by atoms with Gasteiger partial charge in [-0.2, -0.15) is 5.10 Å². The minimum absolute atomic E-state index is 0.0858. The molecule has 146 valence electrons. The number of aryl methyl sites for hydroxylation is 1. The number of amides is 1. The number of hydrogen-bond acceptors (Lipinski definition) is 4. The van der Waals surface area contributed by atoms with Gasteiger partial charge in [-0.25, -0.2) is 9.50 Å². The van der Waals surface area contributed by atoms with Crippen LogP contribution in [0.4, 0.5) is 0 Å². The van der Waals surface area contributed by atoms with Gasteiger partial charge in [-0.15, -0.1) is 0 Å². The summed E-state index contributed by atoms with van der Waals surface area (Å²) in [6.45, 7) is 4.66. The first-order valence-electron chi connectivity index (χ1n) is 9.52. The van der Waals surface area contributed by atoms with E-state index in [9.17, 15) is 4.79 Å². The summed E-state index contributed by atoms with van der Waals surface area (Å²) >= 11 is 3.39. The van der Waals surface area contributed by atoms with Crippen LogP contribution in [-0.2, 0) is 6.42 Å². The van der Waals surface area contributed by atoms with Crippen LogP contribution in [0.25, 0.3) is 17.0 Å². The molecule has 6 nitrogen and oxygen atoms in total. The van der Waals surface area contributed by atoms with Gasteiger partial charge in [-0.05, 0) is 59.5 Å². The Bertz CT molecular complexity index is 1240. The lowest BCUT2D eigenvalue weighted by molar-refractivity contribution is 0.0671. The van der Waals surface area contributed by atoms with Crippen LogP contribution in [-0.4, -0.2) is 31.9 Å². The Hall–Kier alpha value is -2.93. The third-order valence-electron chi connectivity index (χ3n) is 5.47. The molecule has 0 radical (unpaired) electrons. The molecule has 1 aliphatic rings. The first-order chi connectivity index (χ1) is 14.0. The third kappa shape index (κ3) is 3.06. The van der Waals surface area contributed by atoms with Gasteiger partial charge >= 0.3 is 0 Å². The van der Waals surface area contributed by atoms with Crippen molar-refractivity contribution in [1.29, 1.82) is 0 Å². The number of fused-ring (bicyclic) bond motifs is 2. The minimum Gasteiger partial charge on any atom is -0.461 e. The van der Waals surface area contributed by atoms with Crippen molar-refractivity contribution in [2.24, 2.45) is 0 Å². The molecule has 0 spiro atoms. The van der Waals surface area contributed by atoms with Crippen molar-refractivity contribution in [2.45, 2.75) is 26.3 Å². The maximum Gasteiger partial charge on any atom is 0.274 e. The lowest BCUT2D eigenvalue weighted by atomic mass is 9.88. The van der Waals surface area contributed by atoms with Crippen molar-refractivity contribution in [2.75, 3.05) is 6.54 Å². The summed E-state index contributed by atoms with van der Waals surface area (Å²) in [5.74, 6) is 1.62. The molecular formula is C22H19BrN4O2. The van der Waals surface area contributed by atoms with Gasteiger partial charge in [0.25, 0.3) is 5.91 Å². The summed E-state index contributed by atoms with van der Waals surface area (Å²) in [6, 6.07) is 11.9. The van der Waals surface area contributed by atoms with Crippen LogP contribution in [0, 0.1) is 6.92 Å². The van der Waals surface area contributed by atoms with Crippen LogP contribution in [0.15, 0.2) is 57.7 Å². The van der Waals surface area contributed by atoms with Gasteiger partial charge in [0.05, 0.1) is 10.5 Å². The summed E-state index contributed by atoms with van der Waals surface area (Å²) in [5, 5.41) is 4.44. The van der Waals surface area contributed by atoms with Gasteiger partial charge in [0.1, 0.15) is 11.5 Å². The fourth-order valence-corrected chi connectivity index (χ4v) is 4.39. The lowest BCUT2D eigenvalue weighted by Crippen LogP contribution is -2.39. The molecule has 7 heteroatoms. The first kappa shape index (κ1) is 18.1. The van der Waals surface area contributed by atoms with E-state index in [1.54, 1.807) is 23.0 Å². The Morgan fingerprint density at radius 2 is 2.14 bits per heavy atom. The molecule has 29 heavy (non-hydrogen) atoms. The average Bonchev–Trinajstić information content (AvgIpc) is 3.33. The van der Waals surface area contributed by atoms with Crippen LogP contribution < -0.4 is 0 Å². The number of hydrogen-bond donors (Lipinski definition) is 0. The molecule has 0 aliphatic carbocycles. The van der Waals surface area contributed by atoms with E-state index in [4.69, 9.17) is 4.42 Å². The zero-order valence-corrected chi connectivity index (χ0v) is 17.7. The van der Waals surface area contributed by atoms with E-state index in [1.807, 2.05) is 24.0 Å². The number of nitrogens with zero attached hydrogens (tertiary/aromatic N) is 4. The molecule has 1 unspecified atom stereocenters. The number of aromatic nitrogens is 3. The SMILES string of the molecule is Cc1ccc(-c2cccc3c2C(C)N(C(=O)c2cc4ncc(Br)cn4n2)CC3)o1. The van der Waals surface area contributed by atoms with Crippen LogP contribution in [0.2, 0.25) is 0 Å². The van der Waals surface area contributed by atoms with E-state index in [-0.39, 0.29) is 11.9 Å². The number of carbonyl (C=O) groups is 1. The van der Waals surface area contributed by atoms with Gasteiger partial charge < -0.3 is 9.32 Å². The Kier molecular flexibility index (Phi) is 4.28. The fourth-order valence-electron chi connectivity index (χ4n) is 4.09. The second kappa shape index (κ2) is 6.84. The maximum atomic E-state index is 13.3. The summed E-state index contributed by atoms with van der Waals surface area (Å²) in [4.78, 5) is 19.5. The molecule has 1 aromatic carbocycles. The van der Waals surface area contributed by atoms with E-state index in [2.05, 4.69) is 51.1 Å². The van der Waals surface area contributed by atoms with Crippen LogP contribution in [0.5, 0.6) is 0 Å². The van der Waals surface area contributed by atoms with Gasteiger partial charge in [-0.3, -0.25) is 4.79 Å². The van der Waals surface area contributed by atoms with Crippen molar-refractivity contribution >= 4 is 27.5 Å². The number of benzene rings is 1. The van der Waals surface area contributed by atoms with Crippen molar-refractivity contribution < 1.29 is 9.21 Å². The molecule has 4 heterocycles. The van der Waals surface area contributed by atoms with E-state index in [0.29, 0.717) is 17.9 Å². The summed E-state index contributed by atoms with van der Waals surface area (Å²) in [7, 11) is 0. The smallest absolute Gasteiger partial charge is 0.274 e. The van der Waals surface area contributed by atoms with Crippen LogP contribution >= 0.6 is 15.9 Å². The number of carbonyl (C=O) groups excluding carboxylic acids is 1. The van der Waals surface area contributed by atoms with Crippen molar-refractivity contribution in [3.63, 3.8) is 0 Å². The van der Waals surface area contributed by atoms with E-state index < -0.39 is 0 Å². The molecule has 4 aromatic rings. The minimum atomic E-state index is -0.0878. The van der Waals surface area contributed by atoms with E-state index in [1.165, 1.54) is 5.56 Å². The van der Waals surface area contributed by atoms with Gasteiger partial charge in [0, 0.05) is 30.6 Å². The van der Waals surface area contributed by atoms with E-state index in [0.717, 1.165) is 33.5 Å². The second-order valence-corrected chi connectivity index (χ2v) is 8.23. The molecule has 0 fully saturated rings. The molecule has 1 atom stereocenters. The molecule has 0 N–H and O–H groups in total. The lowest BCUT2D eigenvalue weighted by Gasteiger charge is -2.36. The highest BCUT2D eigenvalue weighted by atomic mass is 79.9. The van der Waals surface area contributed by atoms with E-state index >= 15 is 0 Å². The highest BCUT2D eigenvalue weighted by Gasteiger charge is 2.32. The summed E-state index contributed by atoms with van der Waals surface area (Å²) in [6.07, 6.45) is 4.30. The Morgan fingerprint density at radius 3 is 2.93 bits per heavy atom. The third-order valence-corrected chi connectivity index (χ3v) is 5.88. The normalized spacial score (nSPS) is 16.2. The van der Waals surface area contributed by atoms with Gasteiger partial charge in [0.15, 0.2) is 11.3 Å². The number of halogens is 1. The first-order valence-corrected chi connectivity index (χ1v) is 10.3. The zero-order chi connectivity index (χ0) is 20.1. The van der Waals surface area contributed by atoms with Crippen LogP contribution in [0.3, 0.4) is 0 Å². The molecule has 0 saturated heterocycles. The summed E-state index contributed by atoms with van der Waals surface area (Å²) < 4.78 is 8.32. The van der Waals surface area contributed by atoms with Crippen molar-refractivity contribution in [1.82, 2.24) is 19.5 Å². The zero-order valence-electron chi connectivity index (χ0n) is 16.1. The average molecular weight is 451 g/mol. The summed E-state index contributed by atoms with van der Waals surface area (Å²) in [5.41, 5.74) is 4.49.